The zero-order valence-corrected chi connectivity index (χ0v) is 19.1. The maximum Gasteiger partial charge on any atom is 0.410 e. The number of hydrogen-bond donors (Lipinski definition) is 1. The molecule has 2 aromatic rings. The normalized spacial score (nSPS) is 16.2. The van der Waals surface area contributed by atoms with E-state index < -0.39 is 5.60 Å². The zero-order chi connectivity index (χ0) is 21.7. The van der Waals surface area contributed by atoms with Gasteiger partial charge in [0.25, 0.3) is 5.91 Å². The largest absolute Gasteiger partial charge is 0.444 e. The van der Waals surface area contributed by atoms with E-state index in [4.69, 9.17) is 4.74 Å². The fourth-order valence-electron chi connectivity index (χ4n) is 3.75. The van der Waals surface area contributed by atoms with Gasteiger partial charge in [0.15, 0.2) is 0 Å². The molecule has 3 rings (SSSR count). The molecule has 1 fully saturated rings. The summed E-state index contributed by atoms with van der Waals surface area (Å²) < 4.78 is 5.50. The number of piperidine rings is 1. The maximum atomic E-state index is 12.8. The van der Waals surface area contributed by atoms with Crippen LogP contribution in [0.3, 0.4) is 0 Å². The Morgan fingerprint density at radius 2 is 1.87 bits per heavy atom. The van der Waals surface area contributed by atoms with E-state index in [0.29, 0.717) is 19.0 Å². The highest BCUT2D eigenvalue weighted by Gasteiger charge is 2.29. The molecule has 30 heavy (non-hydrogen) atoms. The molecule has 1 saturated heterocycles. The lowest BCUT2D eigenvalue weighted by molar-refractivity contribution is 0.0178. The number of aryl methyl sites for hydroxylation is 1. The number of carbonyl (C=O) groups is 2. The van der Waals surface area contributed by atoms with Crippen LogP contribution in [0, 0.1) is 12.8 Å². The number of ether oxygens (including phenoxy) is 1. The van der Waals surface area contributed by atoms with Crippen LogP contribution in [0.5, 0.6) is 0 Å². The summed E-state index contributed by atoms with van der Waals surface area (Å²) >= 11 is 1.48. The second kappa shape index (κ2) is 9.65. The molecule has 1 aromatic carbocycles. The lowest BCUT2D eigenvalue weighted by Gasteiger charge is -2.35. The minimum absolute atomic E-state index is 0.0202. The van der Waals surface area contributed by atoms with Gasteiger partial charge in [0.2, 0.25) is 0 Å². The standard InChI is InChI=1S/C24H32N2O3S/c1-17-14-21(30-16-17)22(27)25-20(19-8-6-5-7-9-19)15-18-10-12-26(13-11-18)23(28)29-24(2,3)4/h5-9,14,16,18,20H,10-13,15H2,1-4H3,(H,25,27). The van der Waals surface area contributed by atoms with Gasteiger partial charge >= 0.3 is 6.09 Å². The number of carbonyl (C=O) groups excluding carboxylic acids is 2. The first kappa shape index (κ1) is 22.3. The highest BCUT2D eigenvalue weighted by atomic mass is 32.1. The van der Waals surface area contributed by atoms with E-state index >= 15 is 0 Å². The van der Waals surface area contributed by atoms with Crippen LogP contribution in [0.2, 0.25) is 0 Å². The van der Waals surface area contributed by atoms with Gasteiger partial charge < -0.3 is 15.0 Å². The van der Waals surface area contributed by atoms with Crippen molar-refractivity contribution in [2.45, 2.75) is 58.6 Å². The summed E-state index contributed by atoms with van der Waals surface area (Å²) in [5, 5.41) is 5.24. The minimum Gasteiger partial charge on any atom is -0.444 e. The minimum atomic E-state index is -0.475. The van der Waals surface area contributed by atoms with E-state index in [1.165, 1.54) is 11.3 Å². The Hall–Kier alpha value is -2.34. The number of hydrogen-bond acceptors (Lipinski definition) is 4. The molecule has 1 aliphatic heterocycles. The lowest BCUT2D eigenvalue weighted by atomic mass is 9.87. The van der Waals surface area contributed by atoms with Gasteiger partial charge in [0, 0.05) is 13.1 Å². The Kier molecular flexibility index (Phi) is 7.19. The summed E-state index contributed by atoms with van der Waals surface area (Å²) in [5.41, 5.74) is 1.75. The fraction of sp³-hybridized carbons (Fsp3) is 0.500. The van der Waals surface area contributed by atoms with Crippen LogP contribution in [-0.2, 0) is 4.74 Å². The molecular weight excluding hydrogens is 396 g/mol. The number of amides is 2. The third-order valence-electron chi connectivity index (χ3n) is 5.30. The summed E-state index contributed by atoms with van der Waals surface area (Å²) in [6.07, 6.45) is 2.46. The van der Waals surface area contributed by atoms with Crippen molar-refractivity contribution in [3.05, 3.63) is 57.8 Å². The molecule has 2 heterocycles. The van der Waals surface area contributed by atoms with Crippen molar-refractivity contribution >= 4 is 23.3 Å². The maximum absolute atomic E-state index is 12.8. The Labute approximate surface area is 183 Å². The average molecular weight is 429 g/mol. The summed E-state index contributed by atoms with van der Waals surface area (Å²) in [6.45, 7) is 9.05. The number of likely N-dealkylation sites (tertiary alicyclic amines) is 1. The molecule has 1 aliphatic rings. The van der Waals surface area contributed by atoms with Crippen LogP contribution in [0.4, 0.5) is 4.79 Å². The van der Waals surface area contributed by atoms with Gasteiger partial charge in [-0.15, -0.1) is 11.3 Å². The van der Waals surface area contributed by atoms with Crippen LogP contribution in [-0.4, -0.2) is 35.6 Å². The SMILES string of the molecule is Cc1csc(C(=O)NC(CC2CCN(C(=O)OC(C)(C)C)CC2)c2ccccc2)c1. The number of benzene rings is 1. The average Bonchev–Trinajstić information content (AvgIpc) is 3.14. The van der Waals surface area contributed by atoms with Gasteiger partial charge in [-0.3, -0.25) is 4.79 Å². The third-order valence-corrected chi connectivity index (χ3v) is 6.34. The van der Waals surface area contributed by atoms with Crippen molar-refractivity contribution in [2.24, 2.45) is 5.92 Å². The molecular formula is C24H32N2O3S. The summed E-state index contributed by atoms with van der Waals surface area (Å²) in [7, 11) is 0. The number of nitrogens with zero attached hydrogens (tertiary/aromatic N) is 1. The molecule has 1 aromatic heterocycles. The van der Waals surface area contributed by atoms with Crippen molar-refractivity contribution in [2.75, 3.05) is 13.1 Å². The van der Waals surface area contributed by atoms with Crippen molar-refractivity contribution in [3.8, 4) is 0 Å². The number of rotatable bonds is 5. The van der Waals surface area contributed by atoms with Crippen LogP contribution in [0.15, 0.2) is 41.8 Å². The van der Waals surface area contributed by atoms with Gasteiger partial charge in [-0.25, -0.2) is 4.79 Å². The van der Waals surface area contributed by atoms with E-state index in [2.05, 4.69) is 17.4 Å². The highest BCUT2D eigenvalue weighted by molar-refractivity contribution is 7.12. The Balaban J connectivity index is 1.62. The van der Waals surface area contributed by atoms with Gasteiger partial charge in [-0.05, 0) is 75.4 Å². The molecule has 0 bridgehead atoms. The van der Waals surface area contributed by atoms with Gasteiger partial charge in [0.05, 0.1) is 10.9 Å². The quantitative estimate of drug-likeness (QED) is 0.678. The Morgan fingerprint density at radius 1 is 1.20 bits per heavy atom. The van der Waals surface area contributed by atoms with Gasteiger partial charge in [-0.1, -0.05) is 30.3 Å². The molecule has 162 valence electrons. The Morgan fingerprint density at radius 3 is 2.43 bits per heavy atom. The first-order chi connectivity index (χ1) is 14.2. The molecule has 2 amide bonds. The molecule has 0 aliphatic carbocycles. The zero-order valence-electron chi connectivity index (χ0n) is 18.3. The van der Waals surface area contributed by atoms with Crippen LogP contribution < -0.4 is 5.32 Å². The second-order valence-electron chi connectivity index (χ2n) is 9.07. The van der Waals surface area contributed by atoms with Crippen LogP contribution >= 0.6 is 11.3 Å². The van der Waals surface area contributed by atoms with Crippen molar-refractivity contribution in [1.82, 2.24) is 10.2 Å². The fourth-order valence-corrected chi connectivity index (χ4v) is 4.56. The third kappa shape index (κ3) is 6.33. The summed E-state index contributed by atoms with van der Waals surface area (Å²) in [5.74, 6) is 0.424. The van der Waals surface area contributed by atoms with E-state index in [-0.39, 0.29) is 18.0 Å². The van der Waals surface area contributed by atoms with Gasteiger partial charge in [-0.2, -0.15) is 0 Å². The van der Waals surface area contributed by atoms with Crippen molar-refractivity contribution < 1.29 is 14.3 Å². The van der Waals surface area contributed by atoms with E-state index in [1.807, 2.05) is 57.3 Å². The Bertz CT molecular complexity index is 849. The van der Waals surface area contributed by atoms with Crippen molar-refractivity contribution in [1.29, 1.82) is 0 Å². The monoisotopic (exact) mass is 428 g/mol. The number of thiophene rings is 1. The van der Waals surface area contributed by atoms with E-state index in [1.54, 1.807) is 4.90 Å². The molecule has 1 atom stereocenters. The van der Waals surface area contributed by atoms with Gasteiger partial charge in [0.1, 0.15) is 5.60 Å². The molecule has 0 spiro atoms. The predicted octanol–water partition coefficient (Wildman–Crippen LogP) is 5.56. The molecule has 0 radical (unpaired) electrons. The molecule has 1 N–H and O–H groups in total. The predicted molar refractivity (Wildman–Crippen MR) is 121 cm³/mol. The number of nitrogens with one attached hydrogen (secondary N) is 1. The highest BCUT2D eigenvalue weighted by Crippen LogP contribution is 2.29. The topological polar surface area (TPSA) is 58.6 Å². The van der Waals surface area contributed by atoms with E-state index in [0.717, 1.165) is 35.3 Å². The lowest BCUT2D eigenvalue weighted by Crippen LogP contribution is -2.42. The second-order valence-corrected chi connectivity index (χ2v) is 9.98. The summed E-state index contributed by atoms with van der Waals surface area (Å²) in [4.78, 5) is 27.6. The first-order valence-electron chi connectivity index (χ1n) is 10.6. The first-order valence-corrected chi connectivity index (χ1v) is 11.5. The summed E-state index contributed by atoms with van der Waals surface area (Å²) in [6, 6.07) is 12.0. The molecule has 6 heteroatoms. The van der Waals surface area contributed by atoms with Crippen molar-refractivity contribution in [3.63, 3.8) is 0 Å². The smallest absolute Gasteiger partial charge is 0.410 e. The molecule has 1 unspecified atom stereocenters. The molecule has 5 nitrogen and oxygen atoms in total. The van der Waals surface area contributed by atoms with E-state index in [9.17, 15) is 9.59 Å². The molecule has 0 saturated carbocycles. The van der Waals surface area contributed by atoms with Crippen LogP contribution in [0.25, 0.3) is 0 Å². The van der Waals surface area contributed by atoms with Crippen LogP contribution in [0.1, 0.15) is 66.9 Å².